The van der Waals surface area contributed by atoms with Crippen LogP contribution in [0.3, 0.4) is 0 Å². The van der Waals surface area contributed by atoms with Crippen molar-refractivity contribution in [3.8, 4) is 0 Å². The van der Waals surface area contributed by atoms with Gasteiger partial charge < -0.3 is 18.9 Å². The molecule has 0 atom stereocenters. The van der Waals surface area contributed by atoms with E-state index in [0.717, 1.165) is 0 Å². The topological polar surface area (TPSA) is 71.1 Å². The van der Waals surface area contributed by atoms with Gasteiger partial charge >= 0.3 is 11.9 Å². The van der Waals surface area contributed by atoms with Gasteiger partial charge in [0.25, 0.3) is 0 Å². The van der Waals surface area contributed by atoms with Crippen LogP contribution in [0.5, 0.6) is 0 Å². The Morgan fingerprint density at radius 2 is 1.12 bits per heavy atom. The van der Waals surface area contributed by atoms with Gasteiger partial charge in [-0.05, 0) is 13.8 Å². The first-order valence-electron chi connectivity index (χ1n) is 5.21. The fourth-order valence-electron chi connectivity index (χ4n) is 0.793. The maximum Gasteiger partial charge on any atom is 0.417 e. The van der Waals surface area contributed by atoms with Crippen LogP contribution in [0.15, 0.2) is 0 Å². The number of rotatable bonds is 8. The predicted octanol–water partition coefficient (Wildman–Crippen LogP) is 0.146. The number of carbonyl (C=O) groups excluding carboxylic acids is 2. The minimum atomic E-state index is -1.00. The lowest BCUT2D eigenvalue weighted by atomic mass is 10.6. The van der Waals surface area contributed by atoms with E-state index in [2.05, 4.69) is 9.47 Å². The molecule has 0 heterocycles. The third kappa shape index (κ3) is 8.19. The summed E-state index contributed by atoms with van der Waals surface area (Å²) in [5, 5.41) is 0. The van der Waals surface area contributed by atoms with Crippen molar-refractivity contribution in [2.75, 3.05) is 39.6 Å². The lowest BCUT2D eigenvalue weighted by molar-refractivity contribution is -0.169. The molecule has 0 unspecified atom stereocenters. The van der Waals surface area contributed by atoms with Gasteiger partial charge in [-0.15, -0.1) is 0 Å². The molecule has 0 aliphatic heterocycles. The van der Waals surface area contributed by atoms with Crippen LogP contribution in [0.1, 0.15) is 13.8 Å². The van der Waals surface area contributed by atoms with E-state index < -0.39 is 11.9 Å². The molecule has 0 aromatic rings. The molecule has 0 spiro atoms. The molecule has 0 rings (SSSR count). The van der Waals surface area contributed by atoms with Gasteiger partial charge in [0.15, 0.2) is 0 Å². The van der Waals surface area contributed by atoms with Gasteiger partial charge in [0.05, 0.1) is 13.2 Å². The highest BCUT2D eigenvalue weighted by Gasteiger charge is 2.16. The van der Waals surface area contributed by atoms with Gasteiger partial charge in [0, 0.05) is 13.2 Å². The Morgan fingerprint density at radius 3 is 1.44 bits per heavy atom. The van der Waals surface area contributed by atoms with Crippen LogP contribution in [0.2, 0.25) is 0 Å². The second-order valence-electron chi connectivity index (χ2n) is 2.67. The van der Waals surface area contributed by atoms with Crippen molar-refractivity contribution in [1.82, 2.24) is 0 Å². The van der Waals surface area contributed by atoms with Crippen molar-refractivity contribution in [2.45, 2.75) is 13.8 Å². The van der Waals surface area contributed by atoms with Crippen molar-refractivity contribution in [2.24, 2.45) is 0 Å². The summed E-state index contributed by atoms with van der Waals surface area (Å²) in [7, 11) is 0. The van der Waals surface area contributed by atoms with Gasteiger partial charge in [-0.3, -0.25) is 0 Å². The fraction of sp³-hybridized carbons (Fsp3) is 0.800. The normalized spacial score (nSPS) is 9.88. The largest absolute Gasteiger partial charge is 0.455 e. The van der Waals surface area contributed by atoms with Crippen LogP contribution in [0.4, 0.5) is 0 Å². The average molecular weight is 234 g/mol. The predicted molar refractivity (Wildman–Crippen MR) is 54.9 cm³/mol. The molecule has 6 nitrogen and oxygen atoms in total. The van der Waals surface area contributed by atoms with Crippen molar-refractivity contribution < 1.29 is 28.5 Å². The molecular formula is C10H18O6. The summed E-state index contributed by atoms with van der Waals surface area (Å²) in [5.41, 5.74) is 0. The van der Waals surface area contributed by atoms with Crippen molar-refractivity contribution >= 4 is 11.9 Å². The van der Waals surface area contributed by atoms with Crippen LogP contribution < -0.4 is 0 Å². The minimum absolute atomic E-state index is 0.0488. The Morgan fingerprint density at radius 1 is 0.750 bits per heavy atom. The monoisotopic (exact) mass is 234 g/mol. The highest BCUT2D eigenvalue weighted by molar-refractivity contribution is 6.29. The van der Waals surface area contributed by atoms with Crippen LogP contribution in [0, 0.1) is 0 Å². The van der Waals surface area contributed by atoms with Crippen LogP contribution in [0.25, 0.3) is 0 Å². The average Bonchev–Trinajstić information content (AvgIpc) is 2.29. The summed E-state index contributed by atoms with van der Waals surface area (Å²) in [6.45, 7) is 5.36. The van der Waals surface area contributed by atoms with Crippen LogP contribution >= 0.6 is 0 Å². The highest BCUT2D eigenvalue weighted by atomic mass is 16.6. The van der Waals surface area contributed by atoms with Gasteiger partial charge in [-0.1, -0.05) is 0 Å². The molecule has 0 aromatic carbocycles. The molecule has 0 N–H and O–H groups in total. The summed E-state index contributed by atoms with van der Waals surface area (Å²) in [5.74, 6) is -2.01. The maximum atomic E-state index is 11.0. The summed E-state index contributed by atoms with van der Waals surface area (Å²) in [4.78, 5) is 22.0. The number of carbonyl (C=O) groups is 2. The van der Waals surface area contributed by atoms with Crippen molar-refractivity contribution in [3.63, 3.8) is 0 Å². The Labute approximate surface area is 94.8 Å². The molecule has 0 aliphatic rings. The summed E-state index contributed by atoms with van der Waals surface area (Å²) in [6.07, 6.45) is 0. The van der Waals surface area contributed by atoms with E-state index in [4.69, 9.17) is 9.47 Å². The lowest BCUT2D eigenvalue weighted by Crippen LogP contribution is -2.23. The molecule has 0 amide bonds. The van der Waals surface area contributed by atoms with E-state index in [1.54, 1.807) is 0 Å². The summed E-state index contributed by atoms with van der Waals surface area (Å²) in [6, 6.07) is 0. The summed E-state index contributed by atoms with van der Waals surface area (Å²) < 4.78 is 19.0. The Kier molecular flexibility index (Phi) is 9.64. The molecule has 0 bridgehead atoms. The van der Waals surface area contributed by atoms with E-state index in [0.29, 0.717) is 13.2 Å². The van der Waals surface area contributed by atoms with Gasteiger partial charge in [0.2, 0.25) is 0 Å². The van der Waals surface area contributed by atoms with Crippen LogP contribution in [-0.2, 0) is 28.5 Å². The lowest BCUT2D eigenvalue weighted by Gasteiger charge is -2.05. The molecule has 0 fully saturated rings. The molecule has 94 valence electrons. The Hall–Kier alpha value is -1.14. The first kappa shape index (κ1) is 14.9. The zero-order chi connectivity index (χ0) is 12.2. The molecule has 0 radical (unpaired) electrons. The summed E-state index contributed by atoms with van der Waals surface area (Å²) >= 11 is 0. The third-order valence-corrected chi connectivity index (χ3v) is 1.50. The van der Waals surface area contributed by atoms with Crippen LogP contribution in [-0.4, -0.2) is 51.6 Å². The van der Waals surface area contributed by atoms with Crippen molar-refractivity contribution in [1.29, 1.82) is 0 Å². The first-order valence-corrected chi connectivity index (χ1v) is 5.21. The molecular weight excluding hydrogens is 216 g/mol. The van der Waals surface area contributed by atoms with E-state index in [1.807, 2.05) is 13.8 Å². The molecule has 0 saturated heterocycles. The van der Waals surface area contributed by atoms with Gasteiger partial charge in [-0.25, -0.2) is 9.59 Å². The highest BCUT2D eigenvalue weighted by Crippen LogP contribution is 1.86. The Balaban J connectivity index is 3.46. The van der Waals surface area contributed by atoms with Gasteiger partial charge in [-0.2, -0.15) is 0 Å². The van der Waals surface area contributed by atoms with E-state index in [9.17, 15) is 9.59 Å². The molecule has 16 heavy (non-hydrogen) atoms. The molecule has 6 heteroatoms. The van der Waals surface area contributed by atoms with E-state index in [1.165, 1.54) is 0 Å². The molecule has 0 aromatic heterocycles. The zero-order valence-corrected chi connectivity index (χ0v) is 9.69. The minimum Gasteiger partial charge on any atom is -0.455 e. The standard InChI is InChI=1S/C10H18O6/c1-3-13-5-7-15-9(11)10(12)16-8-6-14-4-2/h3-8H2,1-2H3. The Bertz CT molecular complexity index is 181. The quantitative estimate of drug-likeness (QED) is 0.338. The fourth-order valence-corrected chi connectivity index (χ4v) is 0.793. The SMILES string of the molecule is CCOCCOC(=O)C(=O)OCCOCC. The smallest absolute Gasteiger partial charge is 0.417 e. The zero-order valence-electron chi connectivity index (χ0n) is 9.69. The third-order valence-electron chi connectivity index (χ3n) is 1.50. The second-order valence-corrected chi connectivity index (χ2v) is 2.67. The molecule has 0 saturated carbocycles. The van der Waals surface area contributed by atoms with E-state index >= 15 is 0 Å². The second kappa shape index (κ2) is 10.4. The number of esters is 2. The molecule has 0 aliphatic carbocycles. The number of hydrogen-bond acceptors (Lipinski definition) is 6. The van der Waals surface area contributed by atoms with E-state index in [-0.39, 0.29) is 26.4 Å². The maximum absolute atomic E-state index is 11.0. The number of ether oxygens (including phenoxy) is 4. The van der Waals surface area contributed by atoms with Gasteiger partial charge in [0.1, 0.15) is 13.2 Å². The first-order chi connectivity index (χ1) is 7.72. The number of hydrogen-bond donors (Lipinski definition) is 0. The van der Waals surface area contributed by atoms with Crippen molar-refractivity contribution in [3.05, 3.63) is 0 Å².